The number of allylic oxidation sites excluding steroid dienone is 1. The Bertz CT molecular complexity index is 514. The van der Waals surface area contributed by atoms with Crippen molar-refractivity contribution in [3.63, 3.8) is 0 Å². The van der Waals surface area contributed by atoms with Crippen molar-refractivity contribution in [2.45, 2.75) is 26.8 Å². The van der Waals surface area contributed by atoms with Crippen LogP contribution in [0.3, 0.4) is 0 Å². The van der Waals surface area contributed by atoms with Gasteiger partial charge < -0.3 is 20.0 Å². The number of nitrogens with one attached hydrogen (secondary N) is 1. The summed E-state index contributed by atoms with van der Waals surface area (Å²) in [5, 5.41) is 13.7. The van der Waals surface area contributed by atoms with Gasteiger partial charge in [-0.3, -0.25) is 0 Å². The number of hydrogen-bond donors (Lipinski definition) is 1. The summed E-state index contributed by atoms with van der Waals surface area (Å²) in [6, 6.07) is 7.20. The zero-order valence-electron chi connectivity index (χ0n) is 12.6. The maximum atomic E-state index is 11.3. The van der Waals surface area contributed by atoms with Crippen LogP contribution in [0, 0.1) is 0 Å². The van der Waals surface area contributed by atoms with Crippen LogP contribution in [0.4, 0.5) is 0 Å². The van der Waals surface area contributed by atoms with E-state index < -0.39 is 11.9 Å². The van der Waals surface area contributed by atoms with Gasteiger partial charge in [0.1, 0.15) is 0 Å². The van der Waals surface area contributed by atoms with Crippen LogP contribution in [-0.2, 0) is 27.3 Å². The summed E-state index contributed by atoms with van der Waals surface area (Å²) in [5.74, 6) is -1.52. The van der Waals surface area contributed by atoms with Crippen LogP contribution in [0.2, 0.25) is 0 Å². The van der Waals surface area contributed by atoms with Gasteiger partial charge in [0.05, 0.1) is 6.61 Å². The Kier molecular flexibility index (Phi) is 9.78. The molecule has 0 aromatic heterocycles. The van der Waals surface area contributed by atoms with E-state index in [1.165, 1.54) is 6.08 Å². The van der Waals surface area contributed by atoms with Crippen molar-refractivity contribution < 1.29 is 49.0 Å². The van der Waals surface area contributed by atoms with Gasteiger partial charge in [0.15, 0.2) is 0 Å². The number of ether oxygens (including phenoxy) is 1. The Morgan fingerprint density at radius 3 is 2.48 bits per heavy atom. The minimum atomic E-state index is -1.11. The summed E-state index contributed by atoms with van der Waals surface area (Å²) in [6.45, 7) is 4.26. The maximum Gasteiger partial charge on any atom is 1.00 e. The number of aliphatic carboxylic acids is 1. The number of carbonyl (C=O) groups is 2. The van der Waals surface area contributed by atoms with Gasteiger partial charge in [-0.05, 0) is 25.0 Å². The first-order chi connectivity index (χ1) is 9.52. The first-order valence-corrected chi connectivity index (χ1v) is 6.38. The zero-order valence-corrected chi connectivity index (χ0v) is 14.6. The van der Waals surface area contributed by atoms with Gasteiger partial charge in [0.25, 0.3) is 0 Å². The minimum Gasteiger partial charge on any atom is -0.550 e. The van der Waals surface area contributed by atoms with Crippen molar-refractivity contribution in [3.8, 4) is 0 Å². The molecular weight excluding hydrogens is 281 g/mol. The molecule has 0 radical (unpaired) electrons. The largest absolute Gasteiger partial charge is 1.00 e. The Morgan fingerprint density at radius 2 is 1.90 bits per heavy atom. The van der Waals surface area contributed by atoms with Crippen molar-refractivity contribution in [2.24, 2.45) is 0 Å². The molecule has 0 atom stereocenters. The predicted molar refractivity (Wildman–Crippen MR) is 72.4 cm³/mol. The van der Waals surface area contributed by atoms with Gasteiger partial charge in [0.2, 0.25) is 0 Å². The van der Waals surface area contributed by atoms with Gasteiger partial charge in [-0.25, -0.2) is 4.79 Å². The third-order valence-electron chi connectivity index (χ3n) is 2.63. The molecule has 0 aliphatic carbocycles. The first kappa shape index (κ1) is 19.7. The quantitative estimate of drug-likeness (QED) is 0.343. The molecule has 108 valence electrons. The van der Waals surface area contributed by atoms with Crippen LogP contribution in [0.1, 0.15) is 25.0 Å². The van der Waals surface area contributed by atoms with Crippen LogP contribution < -0.4 is 40.0 Å². The Labute approximate surface area is 146 Å². The van der Waals surface area contributed by atoms with Crippen molar-refractivity contribution in [2.75, 3.05) is 6.61 Å². The van der Waals surface area contributed by atoms with E-state index in [1.807, 2.05) is 12.1 Å². The second-order valence-electron chi connectivity index (χ2n) is 4.25. The number of rotatable bonds is 7. The molecule has 0 spiro atoms. The standard InChI is InChI=1S/C15H19NO4.Na/c1-3-20-15(19)8-11(2)16-10-13-7-5-4-6-12(13)9-14(17)18;/h4-8,16H,3,9-10H2,1-2H3,(H,17,18);/q;+1/p-1/b11-8-;. The van der Waals surface area contributed by atoms with Crippen LogP contribution in [-0.4, -0.2) is 18.5 Å². The molecule has 6 heteroatoms. The summed E-state index contributed by atoms with van der Waals surface area (Å²) >= 11 is 0. The molecule has 0 saturated carbocycles. The molecule has 0 fully saturated rings. The zero-order chi connectivity index (χ0) is 15.0. The Balaban J connectivity index is 0.00000400. The van der Waals surface area contributed by atoms with Crippen molar-refractivity contribution in [3.05, 3.63) is 47.2 Å². The average Bonchev–Trinajstić information content (AvgIpc) is 2.37. The summed E-state index contributed by atoms with van der Waals surface area (Å²) in [6.07, 6.45) is 1.24. The fourth-order valence-electron chi connectivity index (χ4n) is 1.70. The van der Waals surface area contributed by atoms with Gasteiger partial charge >= 0.3 is 35.5 Å². The fourth-order valence-corrected chi connectivity index (χ4v) is 1.70. The van der Waals surface area contributed by atoms with Gasteiger partial charge in [0, 0.05) is 30.7 Å². The molecular formula is C15H18NNaO4. The van der Waals surface area contributed by atoms with E-state index >= 15 is 0 Å². The number of carboxylic acid groups (broad SMARTS) is 1. The number of hydrogen-bond acceptors (Lipinski definition) is 5. The smallest absolute Gasteiger partial charge is 0.550 e. The van der Waals surface area contributed by atoms with Gasteiger partial charge in [-0.1, -0.05) is 24.3 Å². The topological polar surface area (TPSA) is 78.5 Å². The van der Waals surface area contributed by atoms with Gasteiger partial charge in [-0.15, -0.1) is 0 Å². The molecule has 21 heavy (non-hydrogen) atoms. The van der Waals surface area contributed by atoms with Crippen LogP contribution in [0.15, 0.2) is 36.0 Å². The number of esters is 1. The SMILES string of the molecule is CCOC(=O)/C=C(/C)NCc1ccccc1CC(=O)[O-].[Na+]. The Morgan fingerprint density at radius 1 is 1.29 bits per heavy atom. The summed E-state index contributed by atoms with van der Waals surface area (Å²) in [5.41, 5.74) is 2.21. The van der Waals surface area contributed by atoms with E-state index in [9.17, 15) is 14.7 Å². The molecule has 0 bridgehead atoms. The molecule has 1 N–H and O–H groups in total. The van der Waals surface area contributed by atoms with Crippen LogP contribution in [0.5, 0.6) is 0 Å². The average molecular weight is 299 g/mol. The normalized spacial score (nSPS) is 10.5. The van der Waals surface area contributed by atoms with E-state index in [-0.39, 0.29) is 36.0 Å². The van der Waals surface area contributed by atoms with E-state index in [2.05, 4.69) is 5.32 Å². The van der Waals surface area contributed by atoms with Crippen LogP contribution >= 0.6 is 0 Å². The molecule has 5 nitrogen and oxygen atoms in total. The molecule has 0 aliphatic heterocycles. The second kappa shape index (κ2) is 10.4. The molecule has 1 rings (SSSR count). The van der Waals surface area contributed by atoms with Gasteiger partial charge in [-0.2, -0.15) is 0 Å². The summed E-state index contributed by atoms with van der Waals surface area (Å²) in [7, 11) is 0. The van der Waals surface area contributed by atoms with Crippen molar-refractivity contribution in [1.29, 1.82) is 0 Å². The maximum absolute atomic E-state index is 11.3. The summed E-state index contributed by atoms with van der Waals surface area (Å²) < 4.78 is 4.80. The molecule has 1 aromatic carbocycles. The predicted octanol–water partition coefficient (Wildman–Crippen LogP) is -2.46. The fraction of sp³-hybridized carbons (Fsp3) is 0.333. The molecule has 0 unspecified atom stereocenters. The summed E-state index contributed by atoms with van der Waals surface area (Å²) in [4.78, 5) is 21.9. The van der Waals surface area contributed by atoms with E-state index in [1.54, 1.807) is 26.0 Å². The molecule has 0 saturated heterocycles. The molecule has 1 aromatic rings. The number of carboxylic acids is 1. The second-order valence-corrected chi connectivity index (χ2v) is 4.25. The monoisotopic (exact) mass is 299 g/mol. The Hall–Kier alpha value is -1.30. The van der Waals surface area contributed by atoms with Crippen molar-refractivity contribution >= 4 is 11.9 Å². The third-order valence-corrected chi connectivity index (χ3v) is 2.63. The van der Waals surface area contributed by atoms with E-state index in [4.69, 9.17) is 4.74 Å². The van der Waals surface area contributed by atoms with Crippen LogP contribution in [0.25, 0.3) is 0 Å². The molecule has 0 aliphatic rings. The minimum absolute atomic E-state index is 0. The first-order valence-electron chi connectivity index (χ1n) is 6.38. The molecule has 0 heterocycles. The van der Waals surface area contributed by atoms with E-state index in [0.29, 0.717) is 24.4 Å². The molecule has 0 amide bonds. The van der Waals surface area contributed by atoms with Crippen molar-refractivity contribution in [1.82, 2.24) is 5.32 Å². The number of carbonyl (C=O) groups excluding carboxylic acids is 2. The number of benzene rings is 1. The third kappa shape index (κ3) is 7.90. The van der Waals surface area contributed by atoms with E-state index in [0.717, 1.165) is 5.56 Å².